The molecule has 0 bridgehead atoms. The molecule has 0 saturated carbocycles. The minimum atomic E-state index is 0.587. The first kappa shape index (κ1) is 10.6. The average Bonchev–Trinajstić information content (AvgIpc) is 2.74. The molecular weight excluding hydrogens is 200 g/mol. The van der Waals surface area contributed by atoms with Gasteiger partial charge in [-0.25, -0.2) is 4.98 Å². The molecule has 0 atom stereocenters. The second-order valence-electron chi connectivity index (χ2n) is 3.72. The van der Waals surface area contributed by atoms with Crippen LogP contribution < -0.4 is 0 Å². The van der Waals surface area contributed by atoms with Crippen molar-refractivity contribution in [1.29, 1.82) is 0 Å². The van der Waals surface area contributed by atoms with Crippen LogP contribution in [-0.2, 0) is 11.2 Å². The molecule has 0 spiro atoms. The van der Waals surface area contributed by atoms with Crippen molar-refractivity contribution >= 4 is 6.29 Å². The molecule has 0 fully saturated rings. The Morgan fingerprint density at radius 2 is 2.06 bits per heavy atom. The van der Waals surface area contributed by atoms with Gasteiger partial charge in [0.2, 0.25) is 0 Å². The number of carbonyl (C=O) groups excluding carboxylic acids is 1. The Labute approximate surface area is 94.7 Å². The minimum absolute atomic E-state index is 0.587. The van der Waals surface area contributed by atoms with Gasteiger partial charge in [-0.15, -0.1) is 0 Å². The second kappa shape index (κ2) is 4.75. The highest BCUT2D eigenvalue weighted by molar-refractivity contribution is 5.50. The van der Waals surface area contributed by atoms with Crippen molar-refractivity contribution in [3.05, 3.63) is 48.0 Å². The van der Waals surface area contributed by atoms with Crippen molar-refractivity contribution in [1.82, 2.24) is 9.55 Å². The molecule has 0 radical (unpaired) electrons. The summed E-state index contributed by atoms with van der Waals surface area (Å²) in [5.74, 6) is 0.973. The van der Waals surface area contributed by atoms with Crippen molar-refractivity contribution in [3.63, 3.8) is 0 Å². The second-order valence-corrected chi connectivity index (χ2v) is 3.72. The van der Waals surface area contributed by atoms with Crippen molar-refractivity contribution in [3.8, 4) is 5.69 Å². The van der Waals surface area contributed by atoms with E-state index in [9.17, 15) is 4.79 Å². The van der Waals surface area contributed by atoms with Gasteiger partial charge in [0.15, 0.2) is 0 Å². The number of aromatic nitrogens is 2. The van der Waals surface area contributed by atoms with Crippen molar-refractivity contribution in [2.24, 2.45) is 0 Å². The van der Waals surface area contributed by atoms with Gasteiger partial charge in [-0.3, -0.25) is 0 Å². The number of imidazole rings is 1. The highest BCUT2D eigenvalue weighted by Crippen LogP contribution is 2.12. The van der Waals surface area contributed by atoms with Crippen LogP contribution in [0.3, 0.4) is 0 Å². The van der Waals surface area contributed by atoms with E-state index in [1.54, 1.807) is 6.20 Å². The minimum Gasteiger partial charge on any atom is -0.304 e. The summed E-state index contributed by atoms with van der Waals surface area (Å²) in [7, 11) is 0. The highest BCUT2D eigenvalue weighted by atomic mass is 16.1. The van der Waals surface area contributed by atoms with Crippen LogP contribution in [0, 0.1) is 6.92 Å². The van der Waals surface area contributed by atoms with Gasteiger partial charge in [0, 0.05) is 24.5 Å². The zero-order valence-electron chi connectivity index (χ0n) is 9.26. The molecule has 1 aromatic heterocycles. The topological polar surface area (TPSA) is 34.9 Å². The molecule has 1 heterocycles. The van der Waals surface area contributed by atoms with Crippen molar-refractivity contribution < 1.29 is 4.79 Å². The molecule has 1 aromatic carbocycles. The number of carbonyl (C=O) groups is 1. The summed E-state index contributed by atoms with van der Waals surface area (Å²) >= 11 is 0. The Balaban J connectivity index is 2.19. The number of nitrogens with zero attached hydrogens (tertiary/aromatic N) is 2. The lowest BCUT2D eigenvalue weighted by molar-refractivity contribution is -0.107. The Morgan fingerprint density at radius 3 is 2.62 bits per heavy atom. The number of hydrogen-bond donors (Lipinski definition) is 0. The molecule has 0 N–H and O–H groups in total. The third-order valence-electron chi connectivity index (χ3n) is 2.59. The first-order chi connectivity index (χ1) is 7.81. The molecule has 0 saturated heterocycles. The standard InChI is InChI=1S/C13H14N2O/c1-11-14-8-9-15(11)13-6-4-12(5-7-13)3-2-10-16/h4-10H,2-3H2,1H3. The van der Waals surface area contributed by atoms with E-state index in [4.69, 9.17) is 0 Å². The van der Waals surface area contributed by atoms with Crippen molar-refractivity contribution in [2.75, 3.05) is 0 Å². The number of rotatable bonds is 4. The predicted molar refractivity (Wildman–Crippen MR) is 62.7 cm³/mol. The van der Waals surface area contributed by atoms with E-state index in [1.165, 1.54) is 5.56 Å². The quantitative estimate of drug-likeness (QED) is 0.732. The summed E-state index contributed by atoms with van der Waals surface area (Å²) in [4.78, 5) is 14.4. The van der Waals surface area contributed by atoms with Gasteiger partial charge >= 0.3 is 0 Å². The van der Waals surface area contributed by atoms with Crippen LogP contribution in [0.25, 0.3) is 5.69 Å². The first-order valence-electron chi connectivity index (χ1n) is 5.34. The predicted octanol–water partition coefficient (Wildman–Crippen LogP) is 2.31. The maximum absolute atomic E-state index is 10.3. The number of aryl methyl sites for hydroxylation is 2. The van der Waals surface area contributed by atoms with Crippen LogP contribution in [-0.4, -0.2) is 15.8 Å². The number of hydrogen-bond acceptors (Lipinski definition) is 2. The molecule has 82 valence electrons. The Hall–Kier alpha value is -1.90. The van der Waals surface area contributed by atoms with Gasteiger partial charge in [-0.05, 0) is 31.0 Å². The maximum Gasteiger partial charge on any atom is 0.120 e. The largest absolute Gasteiger partial charge is 0.304 e. The van der Waals surface area contributed by atoms with Gasteiger partial charge in [-0.1, -0.05) is 12.1 Å². The van der Waals surface area contributed by atoms with Gasteiger partial charge < -0.3 is 9.36 Å². The molecule has 3 nitrogen and oxygen atoms in total. The lowest BCUT2D eigenvalue weighted by Crippen LogP contribution is -1.95. The third-order valence-corrected chi connectivity index (χ3v) is 2.59. The number of aldehydes is 1. The summed E-state index contributed by atoms with van der Waals surface area (Å²) in [5.41, 5.74) is 2.29. The van der Waals surface area contributed by atoms with E-state index in [0.29, 0.717) is 6.42 Å². The number of benzene rings is 1. The fourth-order valence-electron chi connectivity index (χ4n) is 1.70. The van der Waals surface area contributed by atoms with Gasteiger partial charge in [-0.2, -0.15) is 0 Å². The summed E-state index contributed by atoms with van der Waals surface area (Å²) < 4.78 is 2.03. The highest BCUT2D eigenvalue weighted by Gasteiger charge is 2.00. The fraction of sp³-hybridized carbons (Fsp3) is 0.231. The van der Waals surface area contributed by atoms with Crippen LogP contribution >= 0.6 is 0 Å². The van der Waals surface area contributed by atoms with Gasteiger partial charge in [0.1, 0.15) is 12.1 Å². The maximum atomic E-state index is 10.3. The molecule has 3 heteroatoms. The molecule has 0 unspecified atom stereocenters. The van der Waals surface area contributed by atoms with Crippen LogP contribution in [0.5, 0.6) is 0 Å². The van der Waals surface area contributed by atoms with E-state index < -0.39 is 0 Å². The normalized spacial score (nSPS) is 10.3. The molecule has 0 amide bonds. The summed E-state index contributed by atoms with van der Waals surface area (Å²) in [6.07, 6.45) is 6.08. The molecule has 2 rings (SSSR count). The molecule has 16 heavy (non-hydrogen) atoms. The summed E-state index contributed by atoms with van der Waals surface area (Å²) in [6.45, 7) is 1.97. The van der Waals surface area contributed by atoms with E-state index in [1.807, 2.05) is 17.7 Å². The molecule has 0 aliphatic rings. The summed E-state index contributed by atoms with van der Waals surface area (Å²) in [6, 6.07) is 8.21. The Morgan fingerprint density at radius 1 is 1.31 bits per heavy atom. The van der Waals surface area contributed by atoms with E-state index in [0.717, 1.165) is 24.2 Å². The molecular formula is C13H14N2O. The zero-order chi connectivity index (χ0) is 11.4. The first-order valence-corrected chi connectivity index (χ1v) is 5.34. The van der Waals surface area contributed by atoms with Crippen molar-refractivity contribution in [2.45, 2.75) is 19.8 Å². The van der Waals surface area contributed by atoms with E-state index in [2.05, 4.69) is 29.2 Å². The molecule has 0 aliphatic carbocycles. The fourth-order valence-corrected chi connectivity index (χ4v) is 1.70. The lowest BCUT2D eigenvalue weighted by atomic mass is 10.1. The van der Waals surface area contributed by atoms with Crippen LogP contribution in [0.1, 0.15) is 17.8 Å². The SMILES string of the molecule is Cc1nccn1-c1ccc(CCC=O)cc1. The zero-order valence-corrected chi connectivity index (χ0v) is 9.26. The lowest BCUT2D eigenvalue weighted by Gasteiger charge is -2.05. The average molecular weight is 214 g/mol. The molecule has 2 aromatic rings. The molecule has 0 aliphatic heterocycles. The summed E-state index contributed by atoms with van der Waals surface area (Å²) in [5, 5.41) is 0. The van der Waals surface area contributed by atoms with Crippen LogP contribution in [0.15, 0.2) is 36.7 Å². The Kier molecular flexibility index (Phi) is 3.15. The van der Waals surface area contributed by atoms with Crippen LogP contribution in [0.2, 0.25) is 0 Å². The third kappa shape index (κ3) is 2.19. The Bertz CT molecular complexity index is 471. The monoisotopic (exact) mass is 214 g/mol. The van der Waals surface area contributed by atoms with Crippen LogP contribution in [0.4, 0.5) is 0 Å². The smallest absolute Gasteiger partial charge is 0.120 e. The van der Waals surface area contributed by atoms with E-state index in [-0.39, 0.29) is 0 Å². The van der Waals surface area contributed by atoms with Gasteiger partial charge in [0.25, 0.3) is 0 Å². The van der Waals surface area contributed by atoms with E-state index >= 15 is 0 Å². The van der Waals surface area contributed by atoms with Gasteiger partial charge in [0.05, 0.1) is 0 Å².